The summed E-state index contributed by atoms with van der Waals surface area (Å²) in [5, 5.41) is 21.3. The van der Waals surface area contributed by atoms with Crippen LogP contribution in [0.5, 0.6) is 11.5 Å². The number of phenols is 2. The van der Waals surface area contributed by atoms with Gasteiger partial charge in [-0.15, -0.1) is 0 Å². The average molecular weight is 346 g/mol. The van der Waals surface area contributed by atoms with Crippen molar-refractivity contribution >= 4 is 11.8 Å². The van der Waals surface area contributed by atoms with Gasteiger partial charge < -0.3 is 20.4 Å². The van der Waals surface area contributed by atoms with Crippen LogP contribution >= 0.6 is 0 Å². The molecule has 2 rings (SSSR count). The van der Waals surface area contributed by atoms with Crippen molar-refractivity contribution in [3.8, 4) is 11.5 Å². The molecule has 1 aromatic carbocycles. The van der Waals surface area contributed by atoms with Crippen molar-refractivity contribution in [1.82, 2.24) is 10.2 Å². The van der Waals surface area contributed by atoms with Gasteiger partial charge >= 0.3 is 12.1 Å². The number of halogens is 3. The Kier molecular flexibility index (Phi) is 5.20. The van der Waals surface area contributed by atoms with Gasteiger partial charge in [-0.1, -0.05) is 0 Å². The number of nitrogens with zero attached hydrogens (tertiary/aromatic N) is 1. The summed E-state index contributed by atoms with van der Waals surface area (Å²) < 4.78 is 37.0. The molecule has 1 aliphatic rings. The molecule has 1 fully saturated rings. The molecule has 1 aromatic rings. The van der Waals surface area contributed by atoms with E-state index in [0.29, 0.717) is 12.8 Å². The lowest BCUT2D eigenvalue weighted by atomic mass is 9.96. The summed E-state index contributed by atoms with van der Waals surface area (Å²) in [5.74, 6) is -2.88. The van der Waals surface area contributed by atoms with Crippen LogP contribution in [0.3, 0.4) is 0 Å². The number of phenolic OH excluding ortho intramolecular Hbond substituents is 2. The average Bonchev–Trinajstić information content (AvgIpc) is 2.50. The minimum absolute atomic E-state index is 0.00814. The molecule has 3 N–H and O–H groups in total. The van der Waals surface area contributed by atoms with Crippen LogP contribution in [0.4, 0.5) is 13.2 Å². The van der Waals surface area contributed by atoms with E-state index in [1.165, 1.54) is 12.1 Å². The van der Waals surface area contributed by atoms with Crippen LogP contribution in [0.15, 0.2) is 18.2 Å². The number of nitrogens with one attached hydrogen (secondary N) is 1. The zero-order chi connectivity index (χ0) is 17.9. The minimum atomic E-state index is -4.86. The highest BCUT2D eigenvalue weighted by Gasteiger charge is 2.43. The molecular weight excluding hydrogens is 329 g/mol. The number of aromatic hydroxyl groups is 2. The first-order chi connectivity index (χ1) is 11.2. The normalized spacial score (nSPS) is 16.0. The number of piperidine rings is 1. The van der Waals surface area contributed by atoms with Crippen LogP contribution in [-0.4, -0.2) is 52.7 Å². The van der Waals surface area contributed by atoms with Crippen LogP contribution in [0.2, 0.25) is 0 Å². The predicted octanol–water partition coefficient (Wildman–Crippen LogP) is 1.63. The summed E-state index contributed by atoms with van der Waals surface area (Å²) in [5.41, 5.74) is 0.0807. The number of amides is 2. The van der Waals surface area contributed by atoms with E-state index in [-0.39, 0.29) is 42.6 Å². The molecule has 24 heavy (non-hydrogen) atoms. The highest BCUT2D eigenvalue weighted by Crippen LogP contribution is 2.24. The number of likely N-dealkylation sites (tertiary alicyclic amines) is 1. The number of carbonyl (C=O) groups is 2. The zero-order valence-electron chi connectivity index (χ0n) is 12.6. The molecule has 0 atom stereocenters. The number of carbonyl (C=O) groups excluding carboxylic acids is 2. The standard InChI is InChI=1S/C15H17F3N2O4/c16-15(17,18)14(24)20-3-1-9(2-4-20)8-19-13(23)10-5-11(21)7-12(22)6-10/h5-7,9,21-22H,1-4,8H2,(H,19,23). The molecule has 0 saturated carbocycles. The number of alkyl halides is 3. The van der Waals surface area contributed by atoms with Gasteiger partial charge in [0.1, 0.15) is 11.5 Å². The van der Waals surface area contributed by atoms with Crippen molar-refractivity contribution in [3.05, 3.63) is 23.8 Å². The molecule has 0 radical (unpaired) electrons. The third-order valence-corrected chi connectivity index (χ3v) is 3.86. The monoisotopic (exact) mass is 346 g/mol. The van der Waals surface area contributed by atoms with Gasteiger partial charge in [0, 0.05) is 31.3 Å². The first-order valence-electron chi connectivity index (χ1n) is 7.34. The van der Waals surface area contributed by atoms with Gasteiger partial charge in [0.2, 0.25) is 0 Å². The van der Waals surface area contributed by atoms with E-state index in [0.717, 1.165) is 11.0 Å². The highest BCUT2D eigenvalue weighted by molar-refractivity contribution is 5.95. The largest absolute Gasteiger partial charge is 0.508 e. The maximum Gasteiger partial charge on any atom is 0.471 e. The summed E-state index contributed by atoms with van der Waals surface area (Å²) >= 11 is 0. The lowest BCUT2D eigenvalue weighted by Crippen LogP contribution is -2.46. The minimum Gasteiger partial charge on any atom is -0.508 e. The number of hydrogen-bond acceptors (Lipinski definition) is 4. The second-order valence-electron chi connectivity index (χ2n) is 5.68. The number of hydrogen-bond donors (Lipinski definition) is 3. The molecule has 6 nitrogen and oxygen atoms in total. The smallest absolute Gasteiger partial charge is 0.471 e. The Morgan fingerprint density at radius 2 is 1.67 bits per heavy atom. The van der Waals surface area contributed by atoms with E-state index in [4.69, 9.17) is 0 Å². The van der Waals surface area contributed by atoms with Crippen LogP contribution < -0.4 is 5.32 Å². The van der Waals surface area contributed by atoms with E-state index < -0.39 is 18.0 Å². The molecule has 2 amide bonds. The Morgan fingerprint density at radius 1 is 1.12 bits per heavy atom. The van der Waals surface area contributed by atoms with Crippen molar-refractivity contribution in [2.75, 3.05) is 19.6 Å². The quantitative estimate of drug-likeness (QED) is 0.776. The van der Waals surface area contributed by atoms with Crippen molar-refractivity contribution < 1.29 is 33.0 Å². The third kappa shape index (κ3) is 4.53. The first-order valence-corrected chi connectivity index (χ1v) is 7.34. The van der Waals surface area contributed by atoms with Crippen molar-refractivity contribution in [1.29, 1.82) is 0 Å². The van der Waals surface area contributed by atoms with Gasteiger partial charge in [-0.2, -0.15) is 13.2 Å². The van der Waals surface area contributed by atoms with Gasteiger partial charge in [-0.05, 0) is 30.9 Å². The second kappa shape index (κ2) is 6.98. The molecular formula is C15H17F3N2O4. The van der Waals surface area contributed by atoms with E-state index in [2.05, 4.69) is 5.32 Å². The van der Waals surface area contributed by atoms with E-state index in [1.807, 2.05) is 0 Å². The lowest BCUT2D eigenvalue weighted by molar-refractivity contribution is -0.186. The lowest BCUT2D eigenvalue weighted by Gasteiger charge is -2.32. The Labute approximate surface area is 135 Å². The molecule has 0 unspecified atom stereocenters. The second-order valence-corrected chi connectivity index (χ2v) is 5.68. The summed E-state index contributed by atoms with van der Waals surface area (Å²) in [6.45, 7) is 0.223. The summed E-state index contributed by atoms with van der Waals surface area (Å²) in [4.78, 5) is 23.8. The Morgan fingerprint density at radius 3 is 2.17 bits per heavy atom. The van der Waals surface area contributed by atoms with Crippen LogP contribution in [0.25, 0.3) is 0 Å². The highest BCUT2D eigenvalue weighted by atomic mass is 19.4. The molecule has 1 heterocycles. The number of rotatable bonds is 3. The number of benzene rings is 1. The topological polar surface area (TPSA) is 89.9 Å². The fourth-order valence-corrected chi connectivity index (χ4v) is 2.58. The van der Waals surface area contributed by atoms with E-state index >= 15 is 0 Å². The fourth-order valence-electron chi connectivity index (χ4n) is 2.58. The van der Waals surface area contributed by atoms with Crippen LogP contribution in [0.1, 0.15) is 23.2 Å². The third-order valence-electron chi connectivity index (χ3n) is 3.86. The zero-order valence-corrected chi connectivity index (χ0v) is 12.6. The molecule has 1 saturated heterocycles. The van der Waals surface area contributed by atoms with Gasteiger partial charge in [0.25, 0.3) is 5.91 Å². The maximum atomic E-state index is 12.3. The maximum absolute atomic E-state index is 12.3. The Hall–Kier alpha value is -2.45. The van der Waals surface area contributed by atoms with Crippen molar-refractivity contribution in [3.63, 3.8) is 0 Å². The van der Waals surface area contributed by atoms with Gasteiger partial charge in [0.05, 0.1) is 0 Å². The molecule has 1 aliphatic heterocycles. The van der Waals surface area contributed by atoms with Crippen LogP contribution in [0, 0.1) is 5.92 Å². The van der Waals surface area contributed by atoms with Gasteiger partial charge in [-0.25, -0.2) is 0 Å². The molecule has 0 aliphatic carbocycles. The molecule has 132 valence electrons. The Balaban J connectivity index is 1.82. The SMILES string of the molecule is O=C(NCC1CCN(C(=O)C(F)(F)F)CC1)c1cc(O)cc(O)c1. The van der Waals surface area contributed by atoms with E-state index in [9.17, 15) is 33.0 Å². The predicted molar refractivity (Wildman–Crippen MR) is 77.5 cm³/mol. The Bertz CT molecular complexity index is 605. The van der Waals surface area contributed by atoms with Crippen molar-refractivity contribution in [2.45, 2.75) is 19.0 Å². The van der Waals surface area contributed by atoms with Gasteiger partial charge in [0.15, 0.2) is 0 Å². The molecule has 0 bridgehead atoms. The molecule has 9 heteroatoms. The van der Waals surface area contributed by atoms with Gasteiger partial charge in [-0.3, -0.25) is 9.59 Å². The molecule has 0 spiro atoms. The summed E-state index contributed by atoms with van der Waals surface area (Å²) in [6, 6.07) is 3.48. The fraction of sp³-hybridized carbons (Fsp3) is 0.467. The van der Waals surface area contributed by atoms with E-state index in [1.54, 1.807) is 0 Å². The molecule has 0 aromatic heterocycles. The van der Waals surface area contributed by atoms with Crippen LogP contribution in [-0.2, 0) is 4.79 Å². The first kappa shape index (κ1) is 17.9. The summed E-state index contributed by atoms with van der Waals surface area (Å²) in [7, 11) is 0. The van der Waals surface area contributed by atoms with Crippen molar-refractivity contribution in [2.24, 2.45) is 5.92 Å². The summed E-state index contributed by atoms with van der Waals surface area (Å²) in [6.07, 6.45) is -4.15.